The highest BCUT2D eigenvalue weighted by Crippen LogP contribution is 2.14. The van der Waals surface area contributed by atoms with Crippen molar-refractivity contribution in [3.8, 4) is 0 Å². The average Bonchev–Trinajstić information content (AvgIpc) is 2.39. The van der Waals surface area contributed by atoms with Crippen LogP contribution in [0.25, 0.3) is 0 Å². The molecule has 0 spiro atoms. The van der Waals surface area contributed by atoms with Gasteiger partial charge >= 0.3 is 6.09 Å². The number of aromatic nitrogens is 2. The number of carbonyl (C=O) groups excluding carboxylic acids is 1. The molecule has 2 N–H and O–H groups in total. The van der Waals surface area contributed by atoms with Crippen LogP contribution >= 0.6 is 0 Å². The maximum atomic E-state index is 11.8. The first kappa shape index (κ1) is 15.8. The molecule has 0 aliphatic heterocycles. The van der Waals surface area contributed by atoms with Crippen LogP contribution in [-0.4, -0.2) is 21.9 Å². The highest BCUT2D eigenvalue weighted by atomic mass is 16.6. The topological polar surface area (TPSA) is 84.1 Å². The van der Waals surface area contributed by atoms with Crippen LogP contribution in [0.3, 0.4) is 0 Å². The Labute approximate surface area is 128 Å². The summed E-state index contributed by atoms with van der Waals surface area (Å²) in [7, 11) is 0. The Morgan fingerprint density at radius 2 is 2.09 bits per heavy atom. The third-order valence-electron chi connectivity index (χ3n) is 2.74. The van der Waals surface area contributed by atoms with Gasteiger partial charge in [-0.1, -0.05) is 12.1 Å². The SMILES string of the molecule is CC(C)(C)OC(=O)Nc1cccc(Cc2n[nH]ccc2=O)c1. The summed E-state index contributed by atoms with van der Waals surface area (Å²) < 4.78 is 5.20. The fraction of sp³-hybridized carbons (Fsp3) is 0.312. The van der Waals surface area contributed by atoms with Crippen LogP contribution in [0.4, 0.5) is 10.5 Å². The van der Waals surface area contributed by atoms with E-state index in [1.807, 2.05) is 6.07 Å². The number of rotatable bonds is 3. The lowest BCUT2D eigenvalue weighted by Crippen LogP contribution is -2.27. The van der Waals surface area contributed by atoms with Crippen LogP contribution < -0.4 is 10.7 Å². The number of amides is 1. The van der Waals surface area contributed by atoms with Crippen LogP contribution in [0.2, 0.25) is 0 Å². The van der Waals surface area contributed by atoms with Gasteiger partial charge in [0.15, 0.2) is 0 Å². The molecule has 1 aromatic heterocycles. The molecule has 2 rings (SSSR count). The van der Waals surface area contributed by atoms with Crippen molar-refractivity contribution in [2.75, 3.05) is 5.32 Å². The Hall–Kier alpha value is -2.63. The highest BCUT2D eigenvalue weighted by molar-refractivity contribution is 5.84. The summed E-state index contributed by atoms with van der Waals surface area (Å²) in [6.07, 6.45) is 1.37. The van der Waals surface area contributed by atoms with E-state index in [9.17, 15) is 9.59 Å². The number of anilines is 1. The summed E-state index contributed by atoms with van der Waals surface area (Å²) in [6, 6.07) is 8.66. The van der Waals surface area contributed by atoms with Gasteiger partial charge in [0.05, 0.1) is 0 Å². The van der Waals surface area contributed by atoms with Crippen molar-refractivity contribution < 1.29 is 9.53 Å². The maximum Gasteiger partial charge on any atom is 0.412 e. The van der Waals surface area contributed by atoms with Crippen molar-refractivity contribution >= 4 is 11.8 Å². The van der Waals surface area contributed by atoms with Gasteiger partial charge in [0.2, 0.25) is 5.43 Å². The molecule has 0 unspecified atom stereocenters. The first-order chi connectivity index (χ1) is 10.3. The summed E-state index contributed by atoms with van der Waals surface area (Å²) in [6.45, 7) is 5.41. The van der Waals surface area contributed by atoms with Gasteiger partial charge in [-0.25, -0.2) is 4.79 Å². The predicted octanol–water partition coefficient (Wildman–Crippen LogP) is 2.71. The molecule has 6 heteroatoms. The lowest BCUT2D eigenvalue weighted by atomic mass is 10.1. The van der Waals surface area contributed by atoms with E-state index >= 15 is 0 Å². The van der Waals surface area contributed by atoms with Gasteiger partial charge in [-0.2, -0.15) is 5.10 Å². The predicted molar refractivity (Wildman–Crippen MR) is 84.0 cm³/mol. The van der Waals surface area contributed by atoms with E-state index in [0.29, 0.717) is 17.8 Å². The van der Waals surface area contributed by atoms with E-state index in [1.165, 1.54) is 12.3 Å². The first-order valence-electron chi connectivity index (χ1n) is 6.95. The third-order valence-corrected chi connectivity index (χ3v) is 2.74. The van der Waals surface area contributed by atoms with Crippen molar-refractivity contribution in [2.45, 2.75) is 32.8 Å². The monoisotopic (exact) mass is 301 g/mol. The number of benzene rings is 1. The Morgan fingerprint density at radius 3 is 2.77 bits per heavy atom. The number of hydrogen-bond acceptors (Lipinski definition) is 4. The lowest BCUT2D eigenvalue weighted by Gasteiger charge is -2.19. The zero-order valence-corrected chi connectivity index (χ0v) is 12.8. The van der Waals surface area contributed by atoms with Gasteiger partial charge < -0.3 is 4.74 Å². The largest absolute Gasteiger partial charge is 0.444 e. The number of nitrogens with one attached hydrogen (secondary N) is 2. The van der Waals surface area contributed by atoms with Crippen LogP contribution in [-0.2, 0) is 11.2 Å². The standard InChI is InChI=1S/C16H19N3O3/c1-16(2,3)22-15(21)18-12-6-4-5-11(9-12)10-13-14(20)7-8-17-19-13/h4-9H,10H2,1-3H3,(H,17,20)(H,18,21). The fourth-order valence-corrected chi connectivity index (χ4v) is 1.88. The van der Waals surface area contributed by atoms with Gasteiger partial charge in [0.25, 0.3) is 0 Å². The summed E-state index contributed by atoms with van der Waals surface area (Å²) >= 11 is 0. The summed E-state index contributed by atoms with van der Waals surface area (Å²) in [4.78, 5) is 23.4. The molecular formula is C16H19N3O3. The van der Waals surface area contributed by atoms with Gasteiger partial charge in [-0.15, -0.1) is 0 Å². The van der Waals surface area contributed by atoms with E-state index in [2.05, 4.69) is 15.5 Å². The Bertz CT molecular complexity index is 717. The normalized spacial score (nSPS) is 11.0. The number of hydrogen-bond donors (Lipinski definition) is 2. The number of carbonyl (C=O) groups is 1. The van der Waals surface area contributed by atoms with Crippen LogP contribution in [0.15, 0.2) is 41.3 Å². The van der Waals surface area contributed by atoms with Gasteiger partial charge in [0.1, 0.15) is 11.3 Å². The van der Waals surface area contributed by atoms with Crippen LogP contribution in [0.1, 0.15) is 32.0 Å². The molecule has 0 fully saturated rings. The fourth-order valence-electron chi connectivity index (χ4n) is 1.88. The molecule has 0 saturated carbocycles. The zero-order chi connectivity index (χ0) is 16.2. The maximum absolute atomic E-state index is 11.8. The molecule has 116 valence electrons. The minimum absolute atomic E-state index is 0.121. The molecule has 0 bridgehead atoms. The summed E-state index contributed by atoms with van der Waals surface area (Å²) in [5, 5.41) is 9.29. The number of nitrogens with zero attached hydrogens (tertiary/aromatic N) is 1. The van der Waals surface area contributed by atoms with Crippen molar-refractivity contribution in [3.63, 3.8) is 0 Å². The van der Waals surface area contributed by atoms with Crippen molar-refractivity contribution in [3.05, 3.63) is 58.0 Å². The number of ether oxygens (including phenoxy) is 1. The van der Waals surface area contributed by atoms with Crippen molar-refractivity contribution in [2.24, 2.45) is 0 Å². The number of H-pyrrole nitrogens is 1. The van der Waals surface area contributed by atoms with E-state index < -0.39 is 11.7 Å². The second-order valence-electron chi connectivity index (χ2n) is 5.89. The minimum Gasteiger partial charge on any atom is -0.444 e. The van der Waals surface area contributed by atoms with Crippen molar-refractivity contribution in [1.29, 1.82) is 0 Å². The third kappa shape index (κ3) is 4.73. The smallest absolute Gasteiger partial charge is 0.412 e. The zero-order valence-electron chi connectivity index (χ0n) is 12.8. The van der Waals surface area contributed by atoms with E-state index in [1.54, 1.807) is 39.0 Å². The van der Waals surface area contributed by atoms with E-state index in [4.69, 9.17) is 4.74 Å². The Kier molecular flexibility index (Phi) is 4.60. The highest BCUT2D eigenvalue weighted by Gasteiger charge is 2.16. The molecule has 22 heavy (non-hydrogen) atoms. The average molecular weight is 301 g/mol. The van der Waals surface area contributed by atoms with Crippen LogP contribution in [0, 0.1) is 0 Å². The minimum atomic E-state index is -0.553. The molecule has 1 amide bonds. The van der Waals surface area contributed by atoms with Crippen LogP contribution in [0.5, 0.6) is 0 Å². The molecule has 0 aliphatic rings. The summed E-state index contributed by atoms with van der Waals surface area (Å²) in [5.74, 6) is 0. The molecule has 2 aromatic rings. The molecule has 0 radical (unpaired) electrons. The molecule has 1 heterocycles. The van der Waals surface area contributed by atoms with Gasteiger partial charge in [0, 0.05) is 24.4 Å². The second-order valence-corrected chi connectivity index (χ2v) is 5.89. The molecular weight excluding hydrogens is 282 g/mol. The molecule has 6 nitrogen and oxygen atoms in total. The van der Waals surface area contributed by atoms with Crippen molar-refractivity contribution in [1.82, 2.24) is 10.2 Å². The van der Waals surface area contributed by atoms with E-state index in [0.717, 1.165) is 5.56 Å². The molecule has 0 atom stereocenters. The Morgan fingerprint density at radius 1 is 1.32 bits per heavy atom. The molecule has 1 aromatic carbocycles. The van der Waals surface area contributed by atoms with Gasteiger partial charge in [-0.3, -0.25) is 15.2 Å². The lowest BCUT2D eigenvalue weighted by molar-refractivity contribution is 0.0636. The quantitative estimate of drug-likeness (QED) is 0.913. The Balaban J connectivity index is 2.09. The van der Waals surface area contributed by atoms with E-state index in [-0.39, 0.29) is 5.43 Å². The molecule has 0 saturated heterocycles. The first-order valence-corrected chi connectivity index (χ1v) is 6.95. The number of aromatic amines is 1. The molecule has 0 aliphatic carbocycles. The van der Waals surface area contributed by atoms with Gasteiger partial charge in [-0.05, 0) is 38.5 Å². The summed E-state index contributed by atoms with van der Waals surface area (Å²) in [5.41, 5.74) is 1.24. The second kappa shape index (κ2) is 6.43.